The Morgan fingerprint density at radius 3 is 2.27 bits per heavy atom. The van der Waals surface area contributed by atoms with E-state index in [-0.39, 0.29) is 40.8 Å². The third kappa shape index (κ3) is 9.69. The van der Waals surface area contributed by atoms with Crippen LogP contribution in [0.15, 0.2) is 30.7 Å². The fourth-order valence-electron chi connectivity index (χ4n) is 8.65. The van der Waals surface area contributed by atoms with Gasteiger partial charge in [-0.25, -0.2) is 19.2 Å². The maximum absolute atomic E-state index is 14.4. The Hall–Kier alpha value is -3.60. The number of hydrogen-bond donors (Lipinski definition) is 1. The van der Waals surface area contributed by atoms with Crippen LogP contribution in [0.1, 0.15) is 90.9 Å². The molecule has 14 nitrogen and oxygen atoms in total. The van der Waals surface area contributed by atoms with E-state index in [9.17, 15) is 22.4 Å². The molecule has 0 unspecified atom stereocenters. The van der Waals surface area contributed by atoms with Crippen molar-refractivity contribution >= 4 is 28.0 Å². The predicted octanol–water partition coefficient (Wildman–Crippen LogP) is 5.13. The molecule has 4 aliphatic rings. The number of amides is 2. The van der Waals surface area contributed by atoms with Crippen molar-refractivity contribution in [3.05, 3.63) is 42.1 Å². The molecule has 6 rings (SSSR count). The molecule has 304 valence electrons. The van der Waals surface area contributed by atoms with E-state index in [1.54, 1.807) is 19.7 Å². The molecular formula is C39H59FN8O6S. The van der Waals surface area contributed by atoms with Gasteiger partial charge in [0.1, 0.15) is 23.5 Å². The number of anilines is 1. The Morgan fingerprint density at radius 2 is 1.64 bits per heavy atom. The van der Waals surface area contributed by atoms with Crippen LogP contribution >= 0.6 is 0 Å². The molecule has 0 aliphatic carbocycles. The number of benzene rings is 1. The van der Waals surface area contributed by atoms with Gasteiger partial charge in [0.05, 0.1) is 11.8 Å². The van der Waals surface area contributed by atoms with Crippen molar-refractivity contribution < 1.29 is 31.9 Å². The number of nitrogens with zero attached hydrogens (tertiary/aromatic N) is 7. The normalized spacial score (nSPS) is 21.6. The van der Waals surface area contributed by atoms with Gasteiger partial charge >= 0.3 is 6.09 Å². The second-order valence-electron chi connectivity index (χ2n) is 17.3. The first-order valence-corrected chi connectivity index (χ1v) is 21.1. The first kappa shape index (κ1) is 41.0. The average Bonchev–Trinajstić information content (AvgIpc) is 3.56. The molecule has 1 atom stereocenters. The van der Waals surface area contributed by atoms with Crippen molar-refractivity contribution in [1.29, 1.82) is 0 Å². The molecule has 1 aromatic carbocycles. The molecular weight excluding hydrogens is 728 g/mol. The number of nitrogens with one attached hydrogen (secondary N) is 1. The SMILES string of the molecule is CC(C)N(C(=O)c1cc(F)ccc1Oc1cncnc1N1CC[C@@H](CN2CC3(CCN(S(=O)(=O)N4CCC(NC(=O)OC(C)(C)C)CC4)CC3)C2)C1)C(C)C. The predicted molar refractivity (Wildman–Crippen MR) is 208 cm³/mol. The molecule has 5 heterocycles. The van der Waals surface area contributed by atoms with Crippen LogP contribution in [0.25, 0.3) is 0 Å². The summed E-state index contributed by atoms with van der Waals surface area (Å²) in [5.74, 6) is 0.914. The molecule has 4 aliphatic heterocycles. The second kappa shape index (κ2) is 16.5. The molecule has 1 spiro atoms. The summed E-state index contributed by atoms with van der Waals surface area (Å²) < 4.78 is 56.4. The Balaban J connectivity index is 0.980. The summed E-state index contributed by atoms with van der Waals surface area (Å²) in [7, 11) is -3.56. The molecule has 0 bridgehead atoms. The summed E-state index contributed by atoms with van der Waals surface area (Å²) >= 11 is 0. The minimum atomic E-state index is -3.56. The van der Waals surface area contributed by atoms with E-state index in [0.29, 0.717) is 56.5 Å². The van der Waals surface area contributed by atoms with Gasteiger partial charge in [0, 0.05) is 77.0 Å². The smallest absolute Gasteiger partial charge is 0.407 e. The molecule has 0 radical (unpaired) electrons. The van der Waals surface area contributed by atoms with E-state index in [1.165, 1.54) is 24.5 Å². The summed E-state index contributed by atoms with van der Waals surface area (Å²) in [5.41, 5.74) is -0.282. The lowest BCUT2D eigenvalue weighted by atomic mass is 9.72. The van der Waals surface area contributed by atoms with Gasteiger partial charge in [0.2, 0.25) is 0 Å². The van der Waals surface area contributed by atoms with Crippen LogP contribution < -0.4 is 15.0 Å². The largest absolute Gasteiger partial charge is 0.451 e. The second-order valence-corrected chi connectivity index (χ2v) is 19.3. The molecule has 1 N–H and O–H groups in total. The van der Waals surface area contributed by atoms with Gasteiger partial charge in [0.15, 0.2) is 11.6 Å². The minimum absolute atomic E-state index is 0.0807. The van der Waals surface area contributed by atoms with Crippen molar-refractivity contribution in [3.8, 4) is 11.5 Å². The zero-order valence-corrected chi connectivity index (χ0v) is 34.3. The van der Waals surface area contributed by atoms with Gasteiger partial charge in [-0.05, 0) is 110 Å². The van der Waals surface area contributed by atoms with E-state index < -0.39 is 27.7 Å². The van der Waals surface area contributed by atoms with Crippen LogP contribution in [-0.4, -0.2) is 131 Å². The van der Waals surface area contributed by atoms with Crippen LogP contribution in [0.3, 0.4) is 0 Å². The number of alkyl carbamates (subject to hydrolysis) is 1. The fourth-order valence-corrected chi connectivity index (χ4v) is 10.3. The molecule has 2 aromatic rings. The van der Waals surface area contributed by atoms with E-state index in [4.69, 9.17) is 9.47 Å². The van der Waals surface area contributed by atoms with Gasteiger partial charge in [0.25, 0.3) is 16.1 Å². The zero-order valence-electron chi connectivity index (χ0n) is 33.5. The van der Waals surface area contributed by atoms with Crippen molar-refractivity contribution in [2.45, 2.75) is 104 Å². The maximum Gasteiger partial charge on any atom is 0.407 e. The lowest BCUT2D eigenvalue weighted by molar-refractivity contribution is -0.0413. The van der Waals surface area contributed by atoms with Crippen LogP contribution in [0.5, 0.6) is 11.5 Å². The number of ether oxygens (including phenoxy) is 2. The fraction of sp³-hybridized carbons (Fsp3) is 0.692. The van der Waals surface area contributed by atoms with Gasteiger partial charge in [-0.3, -0.25) is 4.79 Å². The standard InChI is InChI=1S/C39H59FN8O6S/c1-27(2)48(28(3)4)36(49)32-20-30(40)8-9-33(32)53-34-21-41-26-42-35(34)45-15-10-29(23-45)22-44-24-39(25-44)13-18-47(19-14-39)55(51,52)46-16-11-31(12-17-46)43-37(50)54-38(5,6)7/h8-9,20-21,26-29,31H,10-19,22-25H2,1-7H3,(H,43,50)/t29-/m0/s1. The van der Waals surface area contributed by atoms with E-state index >= 15 is 0 Å². The van der Waals surface area contributed by atoms with Crippen LogP contribution in [0.2, 0.25) is 0 Å². The van der Waals surface area contributed by atoms with Crippen molar-refractivity contribution in [3.63, 3.8) is 0 Å². The Kier molecular flexibility index (Phi) is 12.3. The van der Waals surface area contributed by atoms with E-state index in [2.05, 4.69) is 25.1 Å². The average molecular weight is 787 g/mol. The number of hydrogen-bond acceptors (Lipinski definition) is 10. The van der Waals surface area contributed by atoms with Crippen molar-refractivity contribution in [1.82, 2.24) is 33.7 Å². The highest BCUT2D eigenvalue weighted by Gasteiger charge is 2.48. The number of rotatable bonds is 11. The minimum Gasteiger partial charge on any atom is -0.451 e. The molecule has 4 fully saturated rings. The number of halogens is 1. The highest BCUT2D eigenvalue weighted by Crippen LogP contribution is 2.43. The zero-order chi connectivity index (χ0) is 39.7. The molecule has 1 aromatic heterocycles. The van der Waals surface area contributed by atoms with Crippen LogP contribution in [0, 0.1) is 17.2 Å². The highest BCUT2D eigenvalue weighted by molar-refractivity contribution is 7.86. The monoisotopic (exact) mass is 786 g/mol. The van der Waals surface area contributed by atoms with Crippen LogP contribution in [-0.2, 0) is 14.9 Å². The first-order chi connectivity index (χ1) is 25.9. The van der Waals surface area contributed by atoms with E-state index in [1.807, 2.05) is 48.5 Å². The molecule has 55 heavy (non-hydrogen) atoms. The third-order valence-corrected chi connectivity index (χ3v) is 13.3. The lowest BCUT2D eigenvalue weighted by Crippen LogP contribution is -2.62. The van der Waals surface area contributed by atoms with Crippen molar-refractivity contribution in [2.24, 2.45) is 11.3 Å². The molecule has 16 heteroatoms. The van der Waals surface area contributed by atoms with Gasteiger partial charge in [-0.1, -0.05) is 0 Å². The number of aromatic nitrogens is 2. The lowest BCUT2D eigenvalue weighted by Gasteiger charge is -2.54. The first-order valence-electron chi connectivity index (χ1n) is 19.8. The Labute approximate surface area is 325 Å². The van der Waals surface area contributed by atoms with Gasteiger partial charge in [-0.15, -0.1) is 0 Å². The van der Waals surface area contributed by atoms with E-state index in [0.717, 1.165) is 52.0 Å². The number of piperidine rings is 2. The number of likely N-dealkylation sites (tertiary alicyclic amines) is 1. The number of carbonyl (C=O) groups is 2. The summed E-state index contributed by atoms with van der Waals surface area (Å²) in [6, 6.07) is 3.74. The summed E-state index contributed by atoms with van der Waals surface area (Å²) in [4.78, 5) is 40.9. The quantitative estimate of drug-likeness (QED) is 0.326. The summed E-state index contributed by atoms with van der Waals surface area (Å²) in [5, 5.41) is 2.88. The topological polar surface area (TPSA) is 141 Å². The third-order valence-electron chi connectivity index (χ3n) is 11.2. The van der Waals surface area contributed by atoms with Gasteiger partial charge in [-0.2, -0.15) is 17.0 Å². The Morgan fingerprint density at radius 1 is 0.982 bits per heavy atom. The van der Waals surface area contributed by atoms with Crippen molar-refractivity contribution in [2.75, 3.05) is 63.8 Å². The molecule has 2 amide bonds. The Bertz CT molecular complexity index is 1770. The molecule has 4 saturated heterocycles. The van der Waals surface area contributed by atoms with Gasteiger partial charge < -0.3 is 29.5 Å². The summed E-state index contributed by atoms with van der Waals surface area (Å²) in [6.45, 7) is 19.4. The highest BCUT2D eigenvalue weighted by atomic mass is 32.2. The maximum atomic E-state index is 14.4. The number of carbonyl (C=O) groups excluding carboxylic acids is 2. The molecule has 0 saturated carbocycles. The van der Waals surface area contributed by atoms with Crippen LogP contribution in [0.4, 0.5) is 15.0 Å². The summed E-state index contributed by atoms with van der Waals surface area (Å²) in [6.07, 6.45) is 6.41.